The van der Waals surface area contributed by atoms with Crippen molar-refractivity contribution < 1.29 is 17.9 Å². The minimum absolute atomic E-state index is 0.112. The molecular weight excluding hydrogens is 462 g/mol. The third-order valence-electron chi connectivity index (χ3n) is 6.59. The zero-order valence-corrected chi connectivity index (χ0v) is 20.6. The van der Waals surface area contributed by atoms with Crippen LogP contribution in [0.2, 0.25) is 0 Å². The Labute approximate surface area is 206 Å². The van der Waals surface area contributed by atoms with Crippen LogP contribution in [0.25, 0.3) is 0 Å². The van der Waals surface area contributed by atoms with Crippen LogP contribution >= 0.6 is 0 Å². The lowest BCUT2D eigenvalue weighted by molar-refractivity contribution is 0.102. The largest absolute Gasteiger partial charge is 0.378 e. The molecule has 182 valence electrons. The van der Waals surface area contributed by atoms with Crippen LogP contribution in [-0.4, -0.2) is 47.2 Å². The van der Waals surface area contributed by atoms with Crippen LogP contribution in [0.3, 0.4) is 0 Å². The lowest BCUT2D eigenvalue weighted by atomic mass is 10.0. The first kappa shape index (κ1) is 23.4. The van der Waals surface area contributed by atoms with E-state index >= 15 is 0 Å². The molecule has 0 bridgehead atoms. The number of rotatable bonds is 5. The molecule has 0 spiro atoms. The molecule has 1 saturated heterocycles. The van der Waals surface area contributed by atoms with Crippen LogP contribution in [0.4, 0.5) is 17.1 Å². The number of morpholine rings is 1. The van der Waals surface area contributed by atoms with E-state index in [1.165, 1.54) is 10.4 Å². The number of nitrogens with one attached hydrogen (secondary N) is 1. The summed E-state index contributed by atoms with van der Waals surface area (Å²) in [6.45, 7) is 5.47. The standard InChI is InChI=1S/C27H29N3O4S/c1-20-18-23(29-14-16-34-17-15-29)11-12-25(20)28-27(31)22-7-4-9-24(19-22)35(32,33)30-13-5-8-21-6-2-3-10-26(21)30/h2-4,6-7,9-12,18-19H,5,8,13-17H2,1H3,(H,28,31). The Hall–Kier alpha value is -3.36. The molecule has 0 saturated carbocycles. The smallest absolute Gasteiger partial charge is 0.264 e. The number of fused-ring (bicyclic) bond motifs is 1. The number of aryl methyl sites for hydroxylation is 2. The maximum atomic E-state index is 13.5. The Balaban J connectivity index is 1.36. The van der Waals surface area contributed by atoms with Gasteiger partial charge in [-0.3, -0.25) is 9.10 Å². The fourth-order valence-electron chi connectivity index (χ4n) is 4.67. The average Bonchev–Trinajstić information content (AvgIpc) is 2.90. The van der Waals surface area contributed by atoms with Crippen LogP contribution in [0.5, 0.6) is 0 Å². The lowest BCUT2D eigenvalue weighted by Crippen LogP contribution is -2.36. The highest BCUT2D eigenvalue weighted by Crippen LogP contribution is 2.32. The van der Waals surface area contributed by atoms with Gasteiger partial charge in [-0.05, 0) is 73.4 Å². The third-order valence-corrected chi connectivity index (χ3v) is 8.40. The van der Waals surface area contributed by atoms with Crippen molar-refractivity contribution in [1.29, 1.82) is 0 Å². The van der Waals surface area contributed by atoms with Crippen LogP contribution in [-0.2, 0) is 21.2 Å². The van der Waals surface area contributed by atoms with Crippen molar-refractivity contribution in [3.05, 3.63) is 83.4 Å². The maximum Gasteiger partial charge on any atom is 0.264 e. The van der Waals surface area contributed by atoms with Gasteiger partial charge in [-0.15, -0.1) is 0 Å². The van der Waals surface area contributed by atoms with Gasteiger partial charge in [0.15, 0.2) is 0 Å². The molecule has 2 aliphatic rings. The molecule has 1 N–H and O–H groups in total. The van der Waals surface area contributed by atoms with E-state index in [9.17, 15) is 13.2 Å². The Bertz CT molecular complexity index is 1350. The summed E-state index contributed by atoms with van der Waals surface area (Å²) < 4.78 is 33.9. The number of amides is 1. The SMILES string of the molecule is Cc1cc(N2CCOCC2)ccc1NC(=O)c1cccc(S(=O)(=O)N2CCCc3ccccc32)c1. The van der Waals surface area contributed by atoms with Gasteiger partial charge in [0.25, 0.3) is 15.9 Å². The molecule has 3 aromatic carbocycles. The number of hydrogen-bond acceptors (Lipinski definition) is 5. The second-order valence-electron chi connectivity index (χ2n) is 8.89. The van der Waals surface area contributed by atoms with Crippen molar-refractivity contribution in [3.63, 3.8) is 0 Å². The predicted octanol–water partition coefficient (Wildman–Crippen LogP) is 4.23. The van der Waals surface area contributed by atoms with Crippen molar-refractivity contribution in [1.82, 2.24) is 0 Å². The molecule has 1 fully saturated rings. The Morgan fingerprint density at radius 1 is 0.943 bits per heavy atom. The summed E-state index contributed by atoms with van der Waals surface area (Å²) in [5.41, 5.74) is 4.77. The number of nitrogens with zero attached hydrogens (tertiary/aromatic N) is 2. The fraction of sp³-hybridized carbons (Fsp3) is 0.296. The summed E-state index contributed by atoms with van der Waals surface area (Å²) in [6, 6.07) is 19.8. The van der Waals surface area contributed by atoms with Crippen molar-refractivity contribution in [2.75, 3.05) is 47.4 Å². The third kappa shape index (κ3) is 4.76. The zero-order chi connectivity index (χ0) is 24.4. The minimum Gasteiger partial charge on any atom is -0.378 e. The van der Waals surface area contributed by atoms with Gasteiger partial charge in [-0.2, -0.15) is 0 Å². The van der Waals surface area contributed by atoms with Crippen LogP contribution < -0.4 is 14.5 Å². The summed E-state index contributed by atoms with van der Waals surface area (Å²) in [7, 11) is -3.79. The summed E-state index contributed by atoms with van der Waals surface area (Å²) in [6.07, 6.45) is 1.62. The van der Waals surface area contributed by atoms with E-state index < -0.39 is 10.0 Å². The molecule has 0 radical (unpaired) electrons. The average molecular weight is 492 g/mol. The number of ether oxygens (including phenoxy) is 1. The number of carbonyl (C=O) groups is 1. The number of anilines is 3. The summed E-state index contributed by atoms with van der Waals surface area (Å²) in [4.78, 5) is 15.4. The Morgan fingerprint density at radius 3 is 2.54 bits per heavy atom. The van der Waals surface area contributed by atoms with E-state index in [1.807, 2.05) is 43.3 Å². The molecule has 2 aliphatic heterocycles. The number of para-hydroxylation sites is 1. The van der Waals surface area contributed by atoms with Crippen molar-refractivity contribution in [2.24, 2.45) is 0 Å². The van der Waals surface area contributed by atoms with E-state index in [4.69, 9.17) is 4.74 Å². The highest BCUT2D eigenvalue weighted by atomic mass is 32.2. The summed E-state index contributed by atoms with van der Waals surface area (Å²) in [5.74, 6) is -0.344. The van der Waals surface area contributed by atoms with Gasteiger partial charge in [0.05, 0.1) is 23.8 Å². The van der Waals surface area contributed by atoms with Gasteiger partial charge < -0.3 is 15.0 Å². The molecule has 35 heavy (non-hydrogen) atoms. The monoisotopic (exact) mass is 491 g/mol. The van der Waals surface area contributed by atoms with Crippen molar-refractivity contribution in [3.8, 4) is 0 Å². The molecule has 7 nitrogen and oxygen atoms in total. The topological polar surface area (TPSA) is 79.0 Å². The molecule has 0 aliphatic carbocycles. The van der Waals surface area contributed by atoms with Gasteiger partial charge in [0.2, 0.25) is 0 Å². The van der Waals surface area contributed by atoms with Crippen LogP contribution in [0.15, 0.2) is 71.6 Å². The van der Waals surface area contributed by atoms with Gasteiger partial charge in [0.1, 0.15) is 0 Å². The summed E-state index contributed by atoms with van der Waals surface area (Å²) in [5, 5.41) is 2.94. The normalized spacial score (nSPS) is 16.0. The predicted molar refractivity (Wildman–Crippen MR) is 138 cm³/mol. The minimum atomic E-state index is -3.79. The van der Waals surface area contributed by atoms with Gasteiger partial charge in [-0.25, -0.2) is 8.42 Å². The molecule has 2 heterocycles. The molecule has 0 atom stereocenters. The second-order valence-corrected chi connectivity index (χ2v) is 10.8. The van der Waals surface area contributed by atoms with Crippen LogP contribution in [0, 0.1) is 6.92 Å². The first-order chi connectivity index (χ1) is 16.9. The summed E-state index contributed by atoms with van der Waals surface area (Å²) >= 11 is 0. The second kappa shape index (κ2) is 9.71. The van der Waals surface area contributed by atoms with Crippen molar-refractivity contribution in [2.45, 2.75) is 24.7 Å². The quantitative estimate of drug-likeness (QED) is 0.578. The van der Waals surface area contributed by atoms with Crippen LogP contribution in [0.1, 0.15) is 27.9 Å². The highest BCUT2D eigenvalue weighted by molar-refractivity contribution is 7.92. The molecule has 0 aromatic heterocycles. The van der Waals surface area contributed by atoms with Gasteiger partial charge in [0, 0.05) is 36.6 Å². The number of sulfonamides is 1. The van der Waals surface area contributed by atoms with E-state index in [2.05, 4.69) is 16.3 Å². The molecule has 3 aromatic rings. The lowest BCUT2D eigenvalue weighted by Gasteiger charge is -2.30. The maximum absolute atomic E-state index is 13.5. The van der Waals surface area contributed by atoms with Gasteiger partial charge >= 0.3 is 0 Å². The van der Waals surface area contributed by atoms with E-state index in [0.717, 1.165) is 42.7 Å². The number of hydrogen-bond donors (Lipinski definition) is 1. The number of carbonyl (C=O) groups excluding carboxylic acids is 1. The first-order valence-corrected chi connectivity index (χ1v) is 13.3. The molecule has 5 rings (SSSR count). The van der Waals surface area contributed by atoms with Gasteiger partial charge in [-0.1, -0.05) is 24.3 Å². The highest BCUT2D eigenvalue weighted by Gasteiger charge is 2.29. The van der Waals surface area contributed by atoms with E-state index in [-0.39, 0.29) is 10.8 Å². The van der Waals surface area contributed by atoms with E-state index in [1.54, 1.807) is 18.2 Å². The Morgan fingerprint density at radius 2 is 1.74 bits per heavy atom. The molecular formula is C27H29N3O4S. The Kier molecular flexibility index (Phi) is 6.49. The first-order valence-electron chi connectivity index (χ1n) is 11.9. The van der Waals surface area contributed by atoms with E-state index in [0.29, 0.717) is 36.7 Å². The van der Waals surface area contributed by atoms with Crippen molar-refractivity contribution >= 4 is 33.0 Å². The molecule has 8 heteroatoms. The molecule has 0 unspecified atom stereocenters. The molecule has 1 amide bonds. The fourth-order valence-corrected chi connectivity index (χ4v) is 6.26. The zero-order valence-electron chi connectivity index (χ0n) is 19.7. The number of benzene rings is 3.